The Kier molecular flexibility index (Phi) is 7.45. The summed E-state index contributed by atoms with van der Waals surface area (Å²) in [6.45, 7) is 4.56. The molecule has 0 bridgehead atoms. The van der Waals surface area contributed by atoms with Gasteiger partial charge in [-0.15, -0.1) is 0 Å². The van der Waals surface area contributed by atoms with Gasteiger partial charge in [0.25, 0.3) is 15.9 Å². The van der Waals surface area contributed by atoms with E-state index in [1.165, 1.54) is 35.6 Å². The standard InChI is InChI=1S/C30H26FN3O3S2/c1-20(2)26-9-6-10-27-28(26)32-30(38-27)34(19-21-7-4-3-5-8-21)29(35)22-11-15-24(16-12-22)33-39(36,37)25-17-13-23(31)14-18-25/h3-18,20,33H,19H2,1-2H3. The number of sulfonamides is 1. The normalized spacial score (nSPS) is 11.6. The summed E-state index contributed by atoms with van der Waals surface area (Å²) >= 11 is 1.46. The second kappa shape index (κ2) is 11.0. The topological polar surface area (TPSA) is 79.4 Å². The van der Waals surface area contributed by atoms with Gasteiger partial charge in [-0.25, -0.2) is 17.8 Å². The Bertz CT molecular complexity index is 1720. The summed E-state index contributed by atoms with van der Waals surface area (Å²) in [5.41, 5.74) is 3.65. The van der Waals surface area contributed by atoms with E-state index >= 15 is 0 Å². The fourth-order valence-electron chi connectivity index (χ4n) is 4.20. The predicted molar refractivity (Wildman–Crippen MR) is 154 cm³/mol. The molecule has 0 atom stereocenters. The van der Waals surface area contributed by atoms with Gasteiger partial charge >= 0.3 is 0 Å². The van der Waals surface area contributed by atoms with Crippen molar-refractivity contribution in [2.75, 3.05) is 9.62 Å². The SMILES string of the molecule is CC(C)c1cccc2sc(N(Cc3ccccc3)C(=O)c3ccc(NS(=O)(=O)c4ccc(F)cc4)cc3)nc12. The number of amides is 1. The van der Waals surface area contributed by atoms with E-state index in [0.29, 0.717) is 17.2 Å². The number of nitrogens with zero attached hydrogens (tertiary/aromatic N) is 2. The Morgan fingerprint density at radius 2 is 1.62 bits per heavy atom. The number of fused-ring (bicyclic) bond motifs is 1. The molecule has 5 rings (SSSR count). The molecule has 39 heavy (non-hydrogen) atoms. The molecule has 6 nitrogen and oxygen atoms in total. The van der Waals surface area contributed by atoms with Gasteiger partial charge in [-0.05, 0) is 71.6 Å². The molecule has 1 N–H and O–H groups in total. The third-order valence-corrected chi connectivity index (χ3v) is 8.67. The molecule has 0 unspecified atom stereocenters. The number of halogens is 1. The summed E-state index contributed by atoms with van der Waals surface area (Å²) in [5, 5.41) is 0.591. The van der Waals surface area contributed by atoms with Crippen LogP contribution in [0.2, 0.25) is 0 Å². The molecular weight excluding hydrogens is 533 g/mol. The van der Waals surface area contributed by atoms with Crippen molar-refractivity contribution in [3.05, 3.63) is 120 Å². The molecule has 0 saturated heterocycles. The van der Waals surface area contributed by atoms with Gasteiger partial charge in [0.15, 0.2) is 5.13 Å². The lowest BCUT2D eigenvalue weighted by Gasteiger charge is -2.20. The van der Waals surface area contributed by atoms with Crippen LogP contribution < -0.4 is 9.62 Å². The highest BCUT2D eigenvalue weighted by molar-refractivity contribution is 7.92. The Morgan fingerprint density at radius 3 is 2.28 bits per heavy atom. The van der Waals surface area contributed by atoms with E-state index in [2.05, 4.69) is 24.6 Å². The lowest BCUT2D eigenvalue weighted by molar-refractivity contribution is 0.0985. The summed E-state index contributed by atoms with van der Waals surface area (Å²) in [5.74, 6) is -0.490. The van der Waals surface area contributed by atoms with Gasteiger partial charge in [-0.2, -0.15) is 0 Å². The van der Waals surface area contributed by atoms with Crippen LogP contribution in [-0.2, 0) is 16.6 Å². The first-order chi connectivity index (χ1) is 18.7. The summed E-state index contributed by atoms with van der Waals surface area (Å²) in [7, 11) is -3.91. The van der Waals surface area contributed by atoms with Crippen LogP contribution >= 0.6 is 11.3 Å². The Morgan fingerprint density at radius 1 is 0.923 bits per heavy atom. The molecule has 1 aromatic heterocycles. The fourth-order valence-corrected chi connectivity index (χ4v) is 6.25. The fraction of sp³-hybridized carbons (Fsp3) is 0.133. The number of carbonyl (C=O) groups is 1. The zero-order valence-corrected chi connectivity index (χ0v) is 23.0. The highest BCUT2D eigenvalue weighted by Crippen LogP contribution is 2.35. The quantitative estimate of drug-likeness (QED) is 0.218. The van der Waals surface area contributed by atoms with Gasteiger partial charge in [-0.3, -0.25) is 14.4 Å². The molecule has 9 heteroatoms. The number of para-hydroxylation sites is 1. The first-order valence-electron chi connectivity index (χ1n) is 12.3. The third kappa shape index (κ3) is 5.84. The molecule has 0 radical (unpaired) electrons. The van der Waals surface area contributed by atoms with Crippen LogP contribution in [-0.4, -0.2) is 19.3 Å². The van der Waals surface area contributed by atoms with Crippen molar-refractivity contribution < 1.29 is 17.6 Å². The second-order valence-electron chi connectivity index (χ2n) is 9.36. The lowest BCUT2D eigenvalue weighted by atomic mass is 10.0. The van der Waals surface area contributed by atoms with Crippen LogP contribution in [0.3, 0.4) is 0 Å². The Balaban J connectivity index is 1.45. The van der Waals surface area contributed by atoms with Crippen LogP contribution in [0.4, 0.5) is 15.2 Å². The largest absolute Gasteiger partial charge is 0.280 e. The van der Waals surface area contributed by atoms with Crippen LogP contribution in [0.1, 0.15) is 41.3 Å². The van der Waals surface area contributed by atoms with Gasteiger partial charge in [0.05, 0.1) is 21.7 Å². The monoisotopic (exact) mass is 559 g/mol. The van der Waals surface area contributed by atoms with Crippen molar-refractivity contribution in [2.45, 2.75) is 31.2 Å². The molecule has 0 aliphatic carbocycles. The molecule has 1 amide bonds. The van der Waals surface area contributed by atoms with Crippen LogP contribution in [0.25, 0.3) is 10.2 Å². The number of hydrogen-bond donors (Lipinski definition) is 1. The molecule has 0 fully saturated rings. The van der Waals surface area contributed by atoms with Gasteiger partial charge in [0.1, 0.15) is 5.82 Å². The third-order valence-electron chi connectivity index (χ3n) is 6.23. The van der Waals surface area contributed by atoms with E-state index in [9.17, 15) is 17.6 Å². The Labute approximate surface area is 230 Å². The van der Waals surface area contributed by atoms with E-state index in [1.807, 2.05) is 42.5 Å². The number of anilines is 2. The number of aromatic nitrogens is 1. The number of thiazole rings is 1. The van der Waals surface area contributed by atoms with Gasteiger partial charge in [0, 0.05) is 11.3 Å². The molecule has 0 spiro atoms. The van der Waals surface area contributed by atoms with Crippen molar-refractivity contribution in [2.24, 2.45) is 0 Å². The van der Waals surface area contributed by atoms with Crippen molar-refractivity contribution in [1.82, 2.24) is 4.98 Å². The number of benzene rings is 4. The van der Waals surface area contributed by atoms with Crippen LogP contribution in [0, 0.1) is 5.82 Å². The summed E-state index contributed by atoms with van der Waals surface area (Å²) in [6, 6.07) is 26.6. The minimum absolute atomic E-state index is 0.0605. The maximum absolute atomic E-state index is 13.8. The summed E-state index contributed by atoms with van der Waals surface area (Å²) < 4.78 is 42.0. The molecule has 0 aliphatic heterocycles. The van der Waals surface area contributed by atoms with Crippen molar-refractivity contribution >= 4 is 48.3 Å². The van der Waals surface area contributed by atoms with E-state index in [4.69, 9.17) is 4.98 Å². The smallest absolute Gasteiger partial charge is 0.261 e. The summed E-state index contributed by atoms with van der Waals surface area (Å²) in [4.78, 5) is 20.3. The van der Waals surface area contributed by atoms with E-state index in [1.54, 1.807) is 17.0 Å². The van der Waals surface area contributed by atoms with Crippen molar-refractivity contribution in [3.8, 4) is 0 Å². The van der Waals surface area contributed by atoms with E-state index in [-0.39, 0.29) is 22.4 Å². The molecule has 5 aromatic rings. The average Bonchev–Trinajstić information content (AvgIpc) is 3.36. The minimum atomic E-state index is -3.91. The number of hydrogen-bond acceptors (Lipinski definition) is 5. The lowest BCUT2D eigenvalue weighted by Crippen LogP contribution is -2.30. The number of rotatable bonds is 8. The van der Waals surface area contributed by atoms with Crippen molar-refractivity contribution in [1.29, 1.82) is 0 Å². The highest BCUT2D eigenvalue weighted by atomic mass is 32.2. The maximum atomic E-state index is 13.8. The predicted octanol–water partition coefficient (Wildman–Crippen LogP) is 7.21. The molecule has 0 aliphatic rings. The van der Waals surface area contributed by atoms with Crippen molar-refractivity contribution in [3.63, 3.8) is 0 Å². The number of carbonyl (C=O) groups excluding carboxylic acids is 1. The molecule has 4 aromatic carbocycles. The molecule has 0 saturated carbocycles. The van der Waals surface area contributed by atoms with E-state index in [0.717, 1.165) is 33.5 Å². The van der Waals surface area contributed by atoms with Gasteiger partial charge in [0.2, 0.25) is 0 Å². The first kappa shape index (κ1) is 26.5. The summed E-state index contributed by atoms with van der Waals surface area (Å²) in [6.07, 6.45) is 0. The van der Waals surface area contributed by atoms with E-state index < -0.39 is 15.8 Å². The molecular formula is C30H26FN3O3S2. The number of nitrogens with one attached hydrogen (secondary N) is 1. The zero-order valence-electron chi connectivity index (χ0n) is 21.3. The van der Waals surface area contributed by atoms with Gasteiger partial charge < -0.3 is 0 Å². The first-order valence-corrected chi connectivity index (χ1v) is 14.6. The molecule has 1 heterocycles. The maximum Gasteiger partial charge on any atom is 0.261 e. The van der Waals surface area contributed by atoms with Gasteiger partial charge in [-0.1, -0.05) is 67.6 Å². The molecule has 198 valence electrons. The Hall–Kier alpha value is -4.08. The van der Waals surface area contributed by atoms with Crippen LogP contribution in [0.5, 0.6) is 0 Å². The van der Waals surface area contributed by atoms with Crippen LogP contribution in [0.15, 0.2) is 102 Å². The second-order valence-corrected chi connectivity index (χ2v) is 12.1. The average molecular weight is 560 g/mol. The zero-order chi connectivity index (χ0) is 27.6. The minimum Gasteiger partial charge on any atom is -0.280 e. The highest BCUT2D eigenvalue weighted by Gasteiger charge is 2.23.